The molecule has 0 spiro atoms. The van der Waals surface area contributed by atoms with Crippen LogP contribution in [-0.4, -0.2) is 18.5 Å². The van der Waals surface area contributed by atoms with Crippen molar-refractivity contribution in [3.63, 3.8) is 0 Å². The average molecular weight is 287 g/mol. The molecule has 84 valence electrons. The van der Waals surface area contributed by atoms with Crippen molar-refractivity contribution in [2.75, 3.05) is 11.4 Å². The third-order valence-electron chi connectivity index (χ3n) is 2.25. The molecule has 0 aliphatic carbocycles. The maximum atomic E-state index is 13.5. The van der Waals surface area contributed by atoms with Crippen LogP contribution in [0.5, 0.6) is 0 Å². The van der Waals surface area contributed by atoms with Gasteiger partial charge < -0.3 is 0 Å². The number of hydrogen-bond donors (Lipinski definition) is 1. The fourth-order valence-corrected chi connectivity index (χ4v) is 1.84. The highest BCUT2D eigenvalue weighted by atomic mass is 79.9. The molecule has 3 amide bonds. The molecule has 16 heavy (non-hydrogen) atoms. The summed E-state index contributed by atoms with van der Waals surface area (Å²) in [5, 5.41) is 2.14. The van der Waals surface area contributed by atoms with Gasteiger partial charge in [0.1, 0.15) is 5.82 Å². The summed E-state index contributed by atoms with van der Waals surface area (Å²) in [4.78, 5) is 23.6. The minimum absolute atomic E-state index is 0.166. The summed E-state index contributed by atoms with van der Waals surface area (Å²) in [6.45, 7) is 0.192. The van der Waals surface area contributed by atoms with Crippen LogP contribution in [0.4, 0.5) is 14.9 Å². The summed E-state index contributed by atoms with van der Waals surface area (Å²) in [7, 11) is 0. The zero-order valence-corrected chi connectivity index (χ0v) is 9.75. The van der Waals surface area contributed by atoms with Crippen LogP contribution in [-0.2, 0) is 4.79 Å². The molecule has 0 aromatic heterocycles. The summed E-state index contributed by atoms with van der Waals surface area (Å²) in [6, 6.07) is 3.73. The van der Waals surface area contributed by atoms with Gasteiger partial charge in [0.15, 0.2) is 0 Å². The lowest BCUT2D eigenvalue weighted by Crippen LogP contribution is -2.49. The van der Waals surface area contributed by atoms with E-state index in [9.17, 15) is 14.0 Å². The molecule has 1 N–H and O–H groups in total. The first-order valence-corrected chi connectivity index (χ1v) is 5.43. The Labute approximate surface area is 99.6 Å². The lowest BCUT2D eigenvalue weighted by atomic mass is 10.2. The van der Waals surface area contributed by atoms with E-state index in [4.69, 9.17) is 0 Å². The van der Waals surface area contributed by atoms with Crippen molar-refractivity contribution in [2.45, 2.75) is 6.42 Å². The topological polar surface area (TPSA) is 49.4 Å². The summed E-state index contributed by atoms with van der Waals surface area (Å²) >= 11 is 3.20. The molecule has 1 aliphatic heterocycles. The molecule has 0 unspecified atom stereocenters. The minimum Gasteiger partial charge on any atom is -0.291 e. The predicted octanol–water partition coefficient (Wildman–Crippen LogP) is 2.03. The Balaban J connectivity index is 2.33. The number of carbonyl (C=O) groups is 2. The van der Waals surface area contributed by atoms with Crippen molar-refractivity contribution in [1.29, 1.82) is 0 Å². The van der Waals surface area contributed by atoms with Gasteiger partial charge in [-0.05, 0) is 18.2 Å². The van der Waals surface area contributed by atoms with Crippen molar-refractivity contribution < 1.29 is 14.0 Å². The molecule has 0 saturated carbocycles. The molecule has 1 heterocycles. The highest BCUT2D eigenvalue weighted by molar-refractivity contribution is 9.10. The number of rotatable bonds is 1. The Bertz CT molecular complexity index is 464. The number of urea groups is 1. The minimum atomic E-state index is -0.590. The maximum Gasteiger partial charge on any atom is 0.328 e. The van der Waals surface area contributed by atoms with Gasteiger partial charge in [-0.2, -0.15) is 0 Å². The van der Waals surface area contributed by atoms with E-state index in [1.165, 1.54) is 17.0 Å². The number of amides is 3. The molecule has 1 aromatic rings. The monoisotopic (exact) mass is 286 g/mol. The van der Waals surface area contributed by atoms with E-state index in [0.717, 1.165) is 0 Å². The van der Waals surface area contributed by atoms with E-state index in [2.05, 4.69) is 21.2 Å². The number of anilines is 1. The molecule has 2 rings (SSSR count). The van der Waals surface area contributed by atoms with E-state index >= 15 is 0 Å². The van der Waals surface area contributed by atoms with Crippen LogP contribution in [0.15, 0.2) is 22.7 Å². The summed E-state index contributed by atoms with van der Waals surface area (Å²) in [6.07, 6.45) is 0.178. The molecule has 0 bridgehead atoms. The molecule has 1 aromatic carbocycles. The number of benzene rings is 1. The molecule has 4 nitrogen and oxygen atoms in total. The van der Waals surface area contributed by atoms with Gasteiger partial charge in [-0.3, -0.25) is 15.0 Å². The van der Waals surface area contributed by atoms with Gasteiger partial charge >= 0.3 is 6.03 Å². The van der Waals surface area contributed by atoms with Crippen molar-refractivity contribution >= 4 is 33.6 Å². The highest BCUT2D eigenvalue weighted by Gasteiger charge is 2.26. The fraction of sp³-hybridized carbons (Fsp3) is 0.200. The molecule has 0 radical (unpaired) electrons. The first kappa shape index (κ1) is 11.1. The van der Waals surface area contributed by atoms with Crippen LogP contribution in [0.1, 0.15) is 6.42 Å². The van der Waals surface area contributed by atoms with Crippen LogP contribution in [0, 0.1) is 5.82 Å². The quantitative estimate of drug-likeness (QED) is 0.859. The number of nitrogens with one attached hydrogen (secondary N) is 1. The zero-order chi connectivity index (χ0) is 11.7. The maximum absolute atomic E-state index is 13.5. The summed E-state index contributed by atoms with van der Waals surface area (Å²) in [5.74, 6) is -0.829. The third kappa shape index (κ3) is 2.06. The van der Waals surface area contributed by atoms with Gasteiger partial charge in [-0.1, -0.05) is 15.9 Å². The highest BCUT2D eigenvalue weighted by Crippen LogP contribution is 2.25. The van der Waals surface area contributed by atoms with E-state index in [1.54, 1.807) is 6.07 Å². The van der Waals surface area contributed by atoms with E-state index in [-0.39, 0.29) is 24.6 Å². The van der Waals surface area contributed by atoms with E-state index in [0.29, 0.717) is 4.47 Å². The van der Waals surface area contributed by atoms with Gasteiger partial charge in [0.25, 0.3) is 0 Å². The number of nitrogens with zero attached hydrogens (tertiary/aromatic N) is 1. The predicted molar refractivity (Wildman–Crippen MR) is 59.6 cm³/mol. The Morgan fingerprint density at radius 3 is 2.81 bits per heavy atom. The SMILES string of the molecule is O=C1CCN(c2cc(Br)ccc2F)C(=O)N1. The average Bonchev–Trinajstić information content (AvgIpc) is 2.22. The van der Waals surface area contributed by atoms with E-state index in [1.807, 2.05) is 0 Å². The molecule has 1 aliphatic rings. The molecule has 6 heteroatoms. The van der Waals surface area contributed by atoms with Crippen LogP contribution in [0.2, 0.25) is 0 Å². The van der Waals surface area contributed by atoms with Gasteiger partial charge in [0.2, 0.25) is 5.91 Å². The second-order valence-electron chi connectivity index (χ2n) is 3.35. The Hall–Kier alpha value is -1.43. The standard InChI is InChI=1S/C10H8BrFN2O2/c11-6-1-2-7(12)8(5-6)14-4-3-9(15)13-10(14)16/h1-2,5H,3-4H2,(H,13,15,16). The Kier molecular flexibility index (Phi) is 2.91. The number of imide groups is 1. The number of carbonyl (C=O) groups excluding carboxylic acids is 2. The zero-order valence-electron chi connectivity index (χ0n) is 8.17. The first-order chi connectivity index (χ1) is 7.58. The Morgan fingerprint density at radius 2 is 2.12 bits per heavy atom. The first-order valence-electron chi connectivity index (χ1n) is 4.64. The van der Waals surface area contributed by atoms with Crippen molar-refractivity contribution in [3.8, 4) is 0 Å². The van der Waals surface area contributed by atoms with Gasteiger partial charge in [-0.25, -0.2) is 9.18 Å². The van der Waals surface area contributed by atoms with E-state index < -0.39 is 11.8 Å². The normalized spacial score (nSPS) is 16.2. The van der Waals surface area contributed by atoms with Crippen LogP contribution in [0.25, 0.3) is 0 Å². The Morgan fingerprint density at radius 1 is 1.38 bits per heavy atom. The van der Waals surface area contributed by atoms with Gasteiger partial charge in [-0.15, -0.1) is 0 Å². The third-order valence-corrected chi connectivity index (χ3v) is 2.75. The van der Waals surface area contributed by atoms with Crippen LogP contribution >= 0.6 is 15.9 Å². The van der Waals surface area contributed by atoms with Crippen LogP contribution in [0.3, 0.4) is 0 Å². The summed E-state index contributed by atoms with van der Waals surface area (Å²) in [5.41, 5.74) is 0.166. The smallest absolute Gasteiger partial charge is 0.291 e. The molecule has 0 atom stereocenters. The second kappa shape index (κ2) is 4.21. The summed E-state index contributed by atoms with van der Waals surface area (Å²) < 4.78 is 14.2. The lowest BCUT2D eigenvalue weighted by Gasteiger charge is -2.26. The lowest BCUT2D eigenvalue weighted by molar-refractivity contribution is -0.120. The van der Waals surface area contributed by atoms with Crippen molar-refractivity contribution in [1.82, 2.24) is 5.32 Å². The van der Waals surface area contributed by atoms with Crippen molar-refractivity contribution in [2.24, 2.45) is 0 Å². The van der Waals surface area contributed by atoms with Gasteiger partial charge in [0, 0.05) is 17.4 Å². The van der Waals surface area contributed by atoms with Crippen molar-refractivity contribution in [3.05, 3.63) is 28.5 Å². The van der Waals surface area contributed by atoms with Crippen LogP contribution < -0.4 is 10.2 Å². The largest absolute Gasteiger partial charge is 0.328 e. The number of hydrogen-bond acceptors (Lipinski definition) is 2. The molecule has 1 saturated heterocycles. The fourth-order valence-electron chi connectivity index (χ4n) is 1.49. The second-order valence-corrected chi connectivity index (χ2v) is 4.27. The number of halogens is 2. The van der Waals surface area contributed by atoms with Gasteiger partial charge in [0.05, 0.1) is 5.69 Å². The molecular formula is C10H8BrFN2O2. The molecule has 1 fully saturated rings. The molecular weight excluding hydrogens is 279 g/mol.